The van der Waals surface area contributed by atoms with E-state index in [0.717, 1.165) is 24.0 Å². The van der Waals surface area contributed by atoms with Crippen LogP contribution in [-0.4, -0.2) is 47.5 Å². The quantitative estimate of drug-likeness (QED) is 0.255. The molecule has 0 heterocycles. The number of aromatic hydroxyl groups is 1. The number of rotatable bonds is 14. The highest BCUT2D eigenvalue weighted by Gasteiger charge is 2.28. The van der Waals surface area contributed by atoms with Crippen molar-refractivity contribution in [1.82, 2.24) is 16.0 Å². The number of phenolic OH excluding ortho intramolecular Hbond substituents is 1. The Balaban J connectivity index is 0.00000684. The third-order valence-corrected chi connectivity index (χ3v) is 6.07. The van der Waals surface area contributed by atoms with Crippen molar-refractivity contribution >= 4 is 30.1 Å². The van der Waals surface area contributed by atoms with Gasteiger partial charge in [-0.05, 0) is 42.0 Å². The molecule has 0 aromatic heterocycles. The number of nitrogens with two attached hydrogens (primary N) is 1. The van der Waals surface area contributed by atoms with E-state index in [4.69, 9.17) is 5.73 Å². The molecule has 0 spiro atoms. The second-order valence-electron chi connectivity index (χ2n) is 9.43. The lowest BCUT2D eigenvalue weighted by molar-refractivity contribution is -0.132. The molecule has 37 heavy (non-hydrogen) atoms. The molecule has 0 unspecified atom stereocenters. The summed E-state index contributed by atoms with van der Waals surface area (Å²) in [6.45, 7) is 6.14. The molecular weight excluding hydrogens is 492 g/mol. The summed E-state index contributed by atoms with van der Waals surface area (Å²) in [4.78, 5) is 38.9. The van der Waals surface area contributed by atoms with Crippen LogP contribution >= 0.6 is 12.4 Å². The number of phenols is 1. The number of nitrogens with one attached hydrogen (secondary N) is 3. The number of carbonyl (C=O) groups is 3. The van der Waals surface area contributed by atoms with Crippen LogP contribution in [0.5, 0.6) is 5.75 Å². The molecule has 0 fully saturated rings. The van der Waals surface area contributed by atoms with Gasteiger partial charge in [0.25, 0.3) is 0 Å². The fourth-order valence-electron chi connectivity index (χ4n) is 3.69. The zero-order valence-corrected chi connectivity index (χ0v) is 22.7. The third-order valence-electron chi connectivity index (χ3n) is 6.07. The summed E-state index contributed by atoms with van der Waals surface area (Å²) < 4.78 is 0. The van der Waals surface area contributed by atoms with Gasteiger partial charge in [0.1, 0.15) is 17.8 Å². The van der Waals surface area contributed by atoms with E-state index in [1.807, 2.05) is 51.1 Å². The molecule has 0 aliphatic carbocycles. The van der Waals surface area contributed by atoms with E-state index in [1.54, 1.807) is 12.1 Å². The highest BCUT2D eigenvalue weighted by atomic mass is 35.5. The maximum Gasteiger partial charge on any atom is 0.243 e. The van der Waals surface area contributed by atoms with Gasteiger partial charge < -0.3 is 26.8 Å². The molecule has 0 bridgehead atoms. The summed E-state index contributed by atoms with van der Waals surface area (Å²) in [7, 11) is 0. The van der Waals surface area contributed by atoms with E-state index in [2.05, 4.69) is 16.0 Å². The van der Waals surface area contributed by atoms with E-state index in [-0.39, 0.29) is 36.4 Å². The summed E-state index contributed by atoms with van der Waals surface area (Å²) >= 11 is 0. The molecule has 0 radical (unpaired) electrons. The number of hydrogen-bond acceptors (Lipinski definition) is 5. The van der Waals surface area contributed by atoms with Crippen LogP contribution in [0.3, 0.4) is 0 Å². The summed E-state index contributed by atoms with van der Waals surface area (Å²) in [5.74, 6) is -1.12. The standard InChI is InChI=1S/C28H40N4O4.ClH/c1-4-5-11-23(26(34)30-17-16-20-9-7-6-8-10-20)31-27(35)24(32-28(36)25(29)19(2)3)18-21-12-14-22(33)15-13-21;/h6-10,12-15,19,23-25,33H,4-5,11,16-18,29H2,1-3H3,(H,30,34)(H,31,35)(H,32,36);1H/t23-,24-,25-;/m0./s1. The Bertz CT molecular complexity index is 970. The van der Waals surface area contributed by atoms with Crippen molar-refractivity contribution in [1.29, 1.82) is 0 Å². The van der Waals surface area contributed by atoms with Crippen LogP contribution in [0, 0.1) is 5.92 Å². The van der Waals surface area contributed by atoms with E-state index in [1.165, 1.54) is 12.1 Å². The maximum atomic E-state index is 13.3. The van der Waals surface area contributed by atoms with E-state index in [0.29, 0.717) is 19.4 Å². The first kappa shape index (κ1) is 31.9. The van der Waals surface area contributed by atoms with Gasteiger partial charge in [0.05, 0.1) is 6.04 Å². The average Bonchev–Trinajstić information content (AvgIpc) is 2.87. The Morgan fingerprint density at radius 2 is 1.49 bits per heavy atom. The zero-order valence-electron chi connectivity index (χ0n) is 21.9. The van der Waals surface area contributed by atoms with Crippen molar-refractivity contribution in [2.45, 2.75) is 71.0 Å². The van der Waals surface area contributed by atoms with Crippen LogP contribution in [0.25, 0.3) is 0 Å². The minimum Gasteiger partial charge on any atom is -0.508 e. The van der Waals surface area contributed by atoms with Crippen LogP contribution < -0.4 is 21.7 Å². The Hall–Kier alpha value is -3.10. The van der Waals surface area contributed by atoms with Gasteiger partial charge in [0, 0.05) is 13.0 Å². The predicted octanol–water partition coefficient (Wildman–Crippen LogP) is 2.86. The smallest absolute Gasteiger partial charge is 0.243 e. The normalized spacial score (nSPS) is 13.1. The molecule has 0 aliphatic rings. The van der Waals surface area contributed by atoms with Crippen molar-refractivity contribution in [3.8, 4) is 5.75 Å². The van der Waals surface area contributed by atoms with Crippen molar-refractivity contribution in [2.75, 3.05) is 6.54 Å². The number of halogens is 1. The van der Waals surface area contributed by atoms with Crippen LogP contribution in [0.1, 0.15) is 51.2 Å². The highest BCUT2D eigenvalue weighted by molar-refractivity contribution is 5.93. The molecule has 0 saturated carbocycles. The second kappa shape index (κ2) is 16.6. The molecule has 204 valence electrons. The van der Waals surface area contributed by atoms with Gasteiger partial charge >= 0.3 is 0 Å². The molecule has 3 amide bonds. The van der Waals surface area contributed by atoms with Gasteiger partial charge in [-0.15, -0.1) is 12.4 Å². The molecule has 0 saturated heterocycles. The van der Waals surface area contributed by atoms with Crippen LogP contribution in [0.15, 0.2) is 54.6 Å². The molecule has 9 heteroatoms. The van der Waals surface area contributed by atoms with Crippen molar-refractivity contribution < 1.29 is 19.5 Å². The number of unbranched alkanes of at least 4 members (excludes halogenated alkanes) is 1. The third kappa shape index (κ3) is 11.2. The second-order valence-corrected chi connectivity index (χ2v) is 9.43. The largest absolute Gasteiger partial charge is 0.508 e. The maximum absolute atomic E-state index is 13.3. The molecule has 6 N–H and O–H groups in total. The fourth-order valence-corrected chi connectivity index (χ4v) is 3.69. The number of amides is 3. The summed E-state index contributed by atoms with van der Waals surface area (Å²) in [6, 6.07) is 13.9. The van der Waals surface area contributed by atoms with Crippen LogP contribution in [0.2, 0.25) is 0 Å². The lowest BCUT2D eigenvalue weighted by atomic mass is 10.0. The van der Waals surface area contributed by atoms with E-state index in [9.17, 15) is 19.5 Å². The summed E-state index contributed by atoms with van der Waals surface area (Å²) in [5.41, 5.74) is 7.87. The number of benzene rings is 2. The van der Waals surface area contributed by atoms with Gasteiger partial charge in [0.15, 0.2) is 0 Å². The first-order valence-electron chi connectivity index (χ1n) is 12.7. The zero-order chi connectivity index (χ0) is 26.5. The van der Waals surface area contributed by atoms with Crippen molar-refractivity contribution in [3.63, 3.8) is 0 Å². The van der Waals surface area contributed by atoms with E-state index < -0.39 is 29.9 Å². The van der Waals surface area contributed by atoms with E-state index >= 15 is 0 Å². The Labute approximate surface area is 226 Å². The molecule has 3 atom stereocenters. The Morgan fingerprint density at radius 3 is 2.08 bits per heavy atom. The Morgan fingerprint density at radius 1 is 0.865 bits per heavy atom. The van der Waals surface area contributed by atoms with Gasteiger partial charge in [0.2, 0.25) is 17.7 Å². The molecule has 2 aromatic carbocycles. The fraction of sp³-hybridized carbons (Fsp3) is 0.464. The lowest BCUT2D eigenvalue weighted by Gasteiger charge is -2.25. The van der Waals surface area contributed by atoms with Gasteiger partial charge in [-0.2, -0.15) is 0 Å². The van der Waals surface area contributed by atoms with Crippen molar-refractivity contribution in [3.05, 3.63) is 65.7 Å². The SMILES string of the molecule is CCCC[C@H](NC(=O)[C@H](Cc1ccc(O)cc1)NC(=O)[C@@H](N)C(C)C)C(=O)NCCc1ccccc1.Cl. The molecule has 0 aliphatic heterocycles. The summed E-state index contributed by atoms with van der Waals surface area (Å²) in [5, 5.41) is 18.1. The average molecular weight is 533 g/mol. The first-order valence-corrected chi connectivity index (χ1v) is 12.7. The minimum atomic E-state index is -0.923. The molecule has 2 rings (SSSR count). The molecule has 2 aromatic rings. The van der Waals surface area contributed by atoms with Gasteiger partial charge in [-0.3, -0.25) is 14.4 Å². The topological polar surface area (TPSA) is 134 Å². The lowest BCUT2D eigenvalue weighted by Crippen LogP contribution is -2.57. The molecule has 8 nitrogen and oxygen atoms in total. The van der Waals surface area contributed by atoms with Crippen molar-refractivity contribution in [2.24, 2.45) is 11.7 Å². The van der Waals surface area contributed by atoms with Gasteiger partial charge in [-0.1, -0.05) is 76.1 Å². The molecular formula is C28H41ClN4O4. The Kier molecular flexibility index (Phi) is 14.3. The van der Waals surface area contributed by atoms with Gasteiger partial charge in [-0.25, -0.2) is 0 Å². The minimum absolute atomic E-state index is 0. The van der Waals surface area contributed by atoms with Crippen LogP contribution in [-0.2, 0) is 27.2 Å². The summed E-state index contributed by atoms with van der Waals surface area (Å²) in [6.07, 6.45) is 3.02. The predicted molar refractivity (Wildman–Crippen MR) is 148 cm³/mol. The number of carbonyl (C=O) groups excluding carboxylic acids is 3. The monoisotopic (exact) mass is 532 g/mol. The highest BCUT2D eigenvalue weighted by Crippen LogP contribution is 2.12. The first-order chi connectivity index (χ1) is 17.2. The number of hydrogen-bond donors (Lipinski definition) is 5. The van der Waals surface area contributed by atoms with Crippen LogP contribution in [0.4, 0.5) is 0 Å².